The number of rotatable bonds is 6. The number of carbonyl (C=O) groups is 1. The summed E-state index contributed by atoms with van der Waals surface area (Å²) >= 11 is 1.39. The molecule has 1 saturated heterocycles. The second-order valence-corrected chi connectivity index (χ2v) is 8.87. The molecule has 0 N–H and O–H groups in total. The van der Waals surface area contributed by atoms with E-state index in [0.29, 0.717) is 40.2 Å². The first-order valence-corrected chi connectivity index (χ1v) is 10.8. The average Bonchev–Trinajstić information content (AvgIpc) is 2.65. The minimum Gasteiger partial charge on any atom is -0.342 e. The number of carbonyl (C=O) groups excluding carboxylic acids is 1. The van der Waals surface area contributed by atoms with Crippen molar-refractivity contribution in [1.29, 1.82) is 0 Å². The molecular weight excluding hydrogens is 358 g/mol. The van der Waals surface area contributed by atoms with E-state index < -0.39 is 0 Å². The fourth-order valence-corrected chi connectivity index (χ4v) is 4.40. The van der Waals surface area contributed by atoms with Crippen LogP contribution in [0.5, 0.6) is 0 Å². The van der Waals surface area contributed by atoms with Crippen molar-refractivity contribution in [2.75, 3.05) is 18.8 Å². The van der Waals surface area contributed by atoms with Gasteiger partial charge in [0, 0.05) is 19.6 Å². The summed E-state index contributed by atoms with van der Waals surface area (Å²) in [6.07, 6.45) is 3.17. The average molecular weight is 388 g/mol. The largest absolute Gasteiger partial charge is 0.342 e. The Labute approximate surface area is 165 Å². The second-order valence-electron chi connectivity index (χ2n) is 7.93. The lowest BCUT2D eigenvalue weighted by molar-refractivity contribution is -0.130. The summed E-state index contributed by atoms with van der Waals surface area (Å²) in [5, 5.41) is 1.29. The van der Waals surface area contributed by atoms with Gasteiger partial charge in [0.15, 0.2) is 5.16 Å². The van der Waals surface area contributed by atoms with Crippen molar-refractivity contribution in [3.8, 4) is 0 Å². The molecule has 1 fully saturated rings. The zero-order valence-electron chi connectivity index (χ0n) is 16.5. The maximum atomic E-state index is 13.0. The van der Waals surface area contributed by atoms with Crippen LogP contribution in [-0.4, -0.2) is 39.2 Å². The quantitative estimate of drug-likeness (QED) is 0.559. The highest BCUT2D eigenvalue weighted by Gasteiger charge is 2.22. The minimum atomic E-state index is -0.0113. The number of piperidine rings is 1. The number of hydrogen-bond acceptors (Lipinski definition) is 4. The van der Waals surface area contributed by atoms with Crippen molar-refractivity contribution < 1.29 is 4.79 Å². The molecule has 6 heteroatoms. The summed E-state index contributed by atoms with van der Waals surface area (Å²) in [5.41, 5.74) is 0.688. The second kappa shape index (κ2) is 8.91. The van der Waals surface area contributed by atoms with Gasteiger partial charge in [0.2, 0.25) is 5.91 Å². The number of benzene rings is 1. The molecule has 0 radical (unpaired) electrons. The first-order valence-electron chi connectivity index (χ1n) is 9.86. The first kappa shape index (κ1) is 19.9. The van der Waals surface area contributed by atoms with Gasteiger partial charge in [-0.2, -0.15) is 0 Å². The molecule has 1 aromatic heterocycles. The van der Waals surface area contributed by atoms with Crippen molar-refractivity contribution in [2.24, 2.45) is 11.8 Å². The summed E-state index contributed by atoms with van der Waals surface area (Å²) < 4.78 is 1.75. The molecule has 3 rings (SSSR count). The van der Waals surface area contributed by atoms with E-state index in [9.17, 15) is 9.59 Å². The smallest absolute Gasteiger partial charge is 0.262 e. The Balaban J connectivity index is 1.82. The Kier molecular flexibility index (Phi) is 6.58. The lowest BCUT2D eigenvalue weighted by atomic mass is 10.0. The third-order valence-corrected chi connectivity index (χ3v) is 6.05. The summed E-state index contributed by atoms with van der Waals surface area (Å²) in [6.45, 7) is 8.80. The van der Waals surface area contributed by atoms with Crippen LogP contribution in [0.4, 0.5) is 0 Å². The van der Waals surface area contributed by atoms with E-state index >= 15 is 0 Å². The van der Waals surface area contributed by atoms with E-state index in [1.807, 2.05) is 29.2 Å². The number of thioether (sulfide) groups is 1. The van der Waals surface area contributed by atoms with Gasteiger partial charge >= 0.3 is 0 Å². The lowest BCUT2D eigenvalue weighted by Crippen LogP contribution is -2.40. The van der Waals surface area contributed by atoms with E-state index in [1.54, 1.807) is 4.57 Å². The fraction of sp³-hybridized carbons (Fsp3) is 0.571. The van der Waals surface area contributed by atoms with Gasteiger partial charge in [-0.3, -0.25) is 14.2 Å². The number of hydrogen-bond donors (Lipinski definition) is 0. The highest BCUT2D eigenvalue weighted by Crippen LogP contribution is 2.21. The fourth-order valence-electron chi connectivity index (χ4n) is 3.48. The Morgan fingerprint density at radius 2 is 2.11 bits per heavy atom. The van der Waals surface area contributed by atoms with Crippen molar-refractivity contribution in [3.63, 3.8) is 0 Å². The molecule has 27 heavy (non-hydrogen) atoms. The number of likely N-dealkylation sites (tertiary alicyclic amines) is 1. The summed E-state index contributed by atoms with van der Waals surface area (Å²) in [5.74, 6) is 1.54. The van der Waals surface area contributed by atoms with Crippen LogP contribution in [0, 0.1) is 11.8 Å². The lowest BCUT2D eigenvalue weighted by Gasteiger charge is -2.30. The molecule has 0 saturated carbocycles. The van der Waals surface area contributed by atoms with Gasteiger partial charge in [-0.05, 0) is 43.2 Å². The van der Waals surface area contributed by atoms with E-state index in [1.165, 1.54) is 18.2 Å². The van der Waals surface area contributed by atoms with Gasteiger partial charge in [-0.25, -0.2) is 4.98 Å². The normalized spacial score (nSPS) is 17.6. The number of amides is 1. The minimum absolute atomic E-state index is 0.0113. The monoisotopic (exact) mass is 387 g/mol. The van der Waals surface area contributed by atoms with Crippen LogP contribution in [-0.2, 0) is 11.3 Å². The SMILES string of the molecule is CC(C)CCn1c(SCC(=O)N2CCCC(C)C2)nc2ccccc2c1=O. The first-order chi connectivity index (χ1) is 13.0. The van der Waals surface area contributed by atoms with Crippen molar-refractivity contribution in [2.45, 2.75) is 51.7 Å². The zero-order valence-corrected chi connectivity index (χ0v) is 17.3. The number of fused-ring (bicyclic) bond motifs is 1. The highest BCUT2D eigenvalue weighted by atomic mass is 32.2. The molecule has 1 amide bonds. The molecule has 2 heterocycles. The molecule has 0 bridgehead atoms. The van der Waals surface area contributed by atoms with Crippen molar-refractivity contribution >= 4 is 28.6 Å². The summed E-state index contributed by atoms with van der Waals surface area (Å²) in [7, 11) is 0. The Bertz CT molecular complexity index is 862. The molecular formula is C21H29N3O2S. The van der Waals surface area contributed by atoms with Gasteiger partial charge in [0.25, 0.3) is 5.56 Å². The topological polar surface area (TPSA) is 55.2 Å². The van der Waals surface area contributed by atoms with Gasteiger partial charge in [0.05, 0.1) is 16.7 Å². The predicted octanol–water partition coefficient (Wildman–Crippen LogP) is 3.79. The van der Waals surface area contributed by atoms with Crippen LogP contribution in [0.1, 0.15) is 40.0 Å². The Morgan fingerprint density at radius 1 is 1.33 bits per heavy atom. The number of aromatic nitrogens is 2. The van der Waals surface area contributed by atoms with E-state index in [0.717, 1.165) is 25.9 Å². The van der Waals surface area contributed by atoms with Crippen LogP contribution in [0.2, 0.25) is 0 Å². The van der Waals surface area contributed by atoms with Crippen LogP contribution in [0.3, 0.4) is 0 Å². The zero-order chi connectivity index (χ0) is 19.4. The Morgan fingerprint density at radius 3 is 2.85 bits per heavy atom. The summed E-state index contributed by atoms with van der Waals surface area (Å²) in [6, 6.07) is 7.45. The van der Waals surface area contributed by atoms with Crippen LogP contribution in [0.25, 0.3) is 10.9 Å². The van der Waals surface area contributed by atoms with Crippen molar-refractivity contribution in [1.82, 2.24) is 14.5 Å². The molecule has 1 unspecified atom stereocenters. The van der Waals surface area contributed by atoms with Gasteiger partial charge in [-0.15, -0.1) is 0 Å². The predicted molar refractivity (Wildman–Crippen MR) is 111 cm³/mol. The van der Waals surface area contributed by atoms with Gasteiger partial charge in [0.1, 0.15) is 0 Å². The van der Waals surface area contributed by atoms with Crippen LogP contribution in [0.15, 0.2) is 34.2 Å². The standard InChI is InChI=1S/C21H29N3O2S/c1-15(2)10-12-24-20(26)17-8-4-5-9-18(17)22-21(24)27-14-19(25)23-11-6-7-16(3)13-23/h4-5,8-9,15-16H,6-7,10-14H2,1-3H3. The van der Waals surface area contributed by atoms with Crippen LogP contribution < -0.4 is 5.56 Å². The maximum Gasteiger partial charge on any atom is 0.262 e. The molecule has 146 valence electrons. The van der Waals surface area contributed by atoms with E-state index in [4.69, 9.17) is 4.98 Å². The third-order valence-electron chi connectivity index (χ3n) is 5.09. The van der Waals surface area contributed by atoms with E-state index in [-0.39, 0.29) is 11.5 Å². The van der Waals surface area contributed by atoms with E-state index in [2.05, 4.69) is 20.8 Å². The molecule has 1 atom stereocenters. The Hall–Kier alpha value is -1.82. The molecule has 0 aliphatic carbocycles. The van der Waals surface area contributed by atoms with Gasteiger partial charge in [-0.1, -0.05) is 44.7 Å². The molecule has 2 aromatic rings. The third kappa shape index (κ3) is 4.92. The maximum absolute atomic E-state index is 13.0. The molecule has 1 aliphatic rings. The molecule has 5 nitrogen and oxygen atoms in total. The molecule has 1 aliphatic heterocycles. The molecule has 0 spiro atoms. The van der Waals surface area contributed by atoms with Crippen molar-refractivity contribution in [3.05, 3.63) is 34.6 Å². The van der Waals surface area contributed by atoms with Crippen LogP contribution >= 0.6 is 11.8 Å². The number of para-hydroxylation sites is 1. The highest BCUT2D eigenvalue weighted by molar-refractivity contribution is 7.99. The number of nitrogens with zero attached hydrogens (tertiary/aromatic N) is 3. The summed E-state index contributed by atoms with van der Waals surface area (Å²) in [4.78, 5) is 32.3. The van der Waals surface area contributed by atoms with Gasteiger partial charge < -0.3 is 4.90 Å². The molecule has 1 aromatic carbocycles.